The Balaban J connectivity index is 0.00000264. The van der Waals surface area contributed by atoms with Crippen molar-refractivity contribution in [1.82, 2.24) is 9.78 Å². The van der Waals surface area contributed by atoms with E-state index in [0.29, 0.717) is 16.1 Å². The maximum atomic E-state index is 12.6. The smallest absolute Gasteiger partial charge is 0.333 e. The molecule has 0 unspecified atom stereocenters. The van der Waals surface area contributed by atoms with E-state index in [2.05, 4.69) is 17.3 Å². The first-order valence-corrected chi connectivity index (χ1v) is 7.50. The molecule has 0 aliphatic carbocycles. The van der Waals surface area contributed by atoms with Crippen molar-refractivity contribution in [2.75, 3.05) is 5.32 Å². The lowest BCUT2D eigenvalue weighted by Gasteiger charge is -2.23. The van der Waals surface area contributed by atoms with Crippen LogP contribution < -0.4 is 5.32 Å². The third-order valence-electron chi connectivity index (χ3n) is 4.66. The monoisotopic (exact) mass is 317 g/mol. The topological polar surface area (TPSA) is 56.2 Å². The Labute approximate surface area is 130 Å². The summed E-state index contributed by atoms with van der Waals surface area (Å²) in [7, 11) is 0. The number of hydrogen-bond acceptors (Lipinski definition) is 3. The zero-order valence-corrected chi connectivity index (χ0v) is 13.6. The summed E-state index contributed by atoms with van der Waals surface area (Å²) in [6, 6.07) is 0. The number of aryl methyl sites for hydroxylation is 1. The summed E-state index contributed by atoms with van der Waals surface area (Å²) in [5.74, 6) is 0.0276. The molecule has 2 rings (SSSR count). The Morgan fingerprint density at radius 2 is 2.23 bits per heavy atom. The lowest BCUT2D eigenvalue weighted by atomic mass is 9.81. The maximum absolute atomic E-state index is 12.6. The Morgan fingerprint density at radius 3 is 2.73 bits per heavy atom. The summed E-state index contributed by atoms with van der Waals surface area (Å²) < 4.78 is 31.7. The average Bonchev–Trinajstić information content (AvgIpc) is 2.89. The van der Waals surface area contributed by atoms with Crippen LogP contribution in [-0.2, 0) is 9.53 Å². The molecule has 1 amide bonds. The van der Waals surface area contributed by atoms with Gasteiger partial charge in [-0.25, -0.2) is 4.68 Å². The number of anilines is 1. The number of alkyl halides is 2. The van der Waals surface area contributed by atoms with Crippen LogP contribution >= 0.6 is 0 Å². The van der Waals surface area contributed by atoms with Gasteiger partial charge in [-0.1, -0.05) is 13.8 Å². The molecule has 7 heteroatoms. The van der Waals surface area contributed by atoms with Crippen LogP contribution in [0.25, 0.3) is 0 Å². The molecular weight excluding hydrogens is 292 g/mol. The third kappa shape index (κ3) is 2.99. The van der Waals surface area contributed by atoms with Crippen molar-refractivity contribution in [2.24, 2.45) is 11.8 Å². The molecule has 0 saturated carbocycles. The molecular formula is C15H25F2N3O2. The molecule has 0 spiro atoms. The van der Waals surface area contributed by atoms with E-state index in [9.17, 15) is 13.6 Å². The molecule has 1 N–H and O–H groups in total. The molecule has 0 aromatic carbocycles. The standard InChI is InChI=1S/C15H23F2N3O2.H2/c1-6-10-8(2)15(4,5)22-12(10)13(21)18-11-7-20(14(16)17)19-9(11)3;/h7-8,10,12,14H,6H2,1-5H3,(H,18,21);1H/t8-,10+,12+;/m0./s1. The van der Waals surface area contributed by atoms with Gasteiger partial charge in [-0.2, -0.15) is 13.9 Å². The van der Waals surface area contributed by atoms with Gasteiger partial charge in [0.1, 0.15) is 6.10 Å². The van der Waals surface area contributed by atoms with Crippen LogP contribution in [0.15, 0.2) is 6.20 Å². The van der Waals surface area contributed by atoms with Crippen LogP contribution in [0.1, 0.15) is 47.8 Å². The van der Waals surface area contributed by atoms with Crippen LogP contribution in [0.3, 0.4) is 0 Å². The number of carbonyl (C=O) groups excluding carboxylic acids is 1. The summed E-state index contributed by atoms with van der Waals surface area (Å²) in [5.41, 5.74) is 0.262. The molecule has 5 nitrogen and oxygen atoms in total. The Morgan fingerprint density at radius 1 is 1.59 bits per heavy atom. The highest BCUT2D eigenvalue weighted by atomic mass is 19.3. The molecule has 3 atom stereocenters. The van der Waals surface area contributed by atoms with E-state index in [0.717, 1.165) is 12.6 Å². The van der Waals surface area contributed by atoms with E-state index in [4.69, 9.17) is 4.74 Å². The van der Waals surface area contributed by atoms with E-state index in [1.54, 1.807) is 6.92 Å². The molecule has 126 valence electrons. The Kier molecular flexibility index (Phi) is 4.56. The van der Waals surface area contributed by atoms with Crippen LogP contribution in [-0.4, -0.2) is 27.4 Å². The van der Waals surface area contributed by atoms with Crippen LogP contribution in [0.5, 0.6) is 0 Å². The summed E-state index contributed by atoms with van der Waals surface area (Å²) in [6.45, 7) is 6.87. The van der Waals surface area contributed by atoms with Crippen molar-refractivity contribution in [3.05, 3.63) is 11.9 Å². The van der Waals surface area contributed by atoms with E-state index >= 15 is 0 Å². The SMILES string of the molecule is CC[C@H]1[C@H](C(=O)Nc2cn(C(F)F)nc2C)OC(C)(C)[C@H]1C.[HH]. The molecule has 0 bridgehead atoms. The second-order valence-corrected chi connectivity index (χ2v) is 6.38. The fourth-order valence-corrected chi connectivity index (χ4v) is 3.02. The molecule has 0 radical (unpaired) electrons. The van der Waals surface area contributed by atoms with Crippen molar-refractivity contribution < 1.29 is 19.7 Å². The lowest BCUT2D eigenvalue weighted by molar-refractivity contribution is -0.131. The zero-order valence-electron chi connectivity index (χ0n) is 13.6. The summed E-state index contributed by atoms with van der Waals surface area (Å²) >= 11 is 0. The number of halogens is 2. The van der Waals surface area contributed by atoms with Gasteiger partial charge in [-0.15, -0.1) is 0 Å². The number of rotatable bonds is 4. The molecule has 1 saturated heterocycles. The molecule has 1 aliphatic rings. The number of hydrogen-bond donors (Lipinski definition) is 1. The van der Waals surface area contributed by atoms with Gasteiger partial charge in [0.2, 0.25) is 0 Å². The van der Waals surface area contributed by atoms with Crippen molar-refractivity contribution in [3.63, 3.8) is 0 Å². The summed E-state index contributed by atoms with van der Waals surface area (Å²) in [5, 5.41) is 6.35. The Hall–Kier alpha value is -1.50. The highest BCUT2D eigenvalue weighted by molar-refractivity contribution is 5.95. The highest BCUT2D eigenvalue weighted by Gasteiger charge is 2.48. The average molecular weight is 317 g/mol. The molecule has 22 heavy (non-hydrogen) atoms. The van der Waals surface area contributed by atoms with Crippen molar-refractivity contribution in [2.45, 2.75) is 59.3 Å². The summed E-state index contributed by atoms with van der Waals surface area (Å²) in [6.07, 6.45) is 1.38. The number of nitrogens with one attached hydrogen (secondary N) is 1. The van der Waals surface area contributed by atoms with Crippen LogP contribution in [0.2, 0.25) is 0 Å². The van der Waals surface area contributed by atoms with Crippen molar-refractivity contribution >= 4 is 11.6 Å². The minimum atomic E-state index is -2.73. The first-order valence-electron chi connectivity index (χ1n) is 7.50. The molecule has 1 aliphatic heterocycles. The van der Waals surface area contributed by atoms with Gasteiger partial charge in [0.25, 0.3) is 5.91 Å². The second kappa shape index (κ2) is 5.95. The third-order valence-corrected chi connectivity index (χ3v) is 4.66. The predicted octanol–water partition coefficient (Wildman–Crippen LogP) is 3.61. The Bertz CT molecular complexity index is 563. The second-order valence-electron chi connectivity index (χ2n) is 6.38. The number of nitrogens with zero attached hydrogens (tertiary/aromatic N) is 2. The number of aromatic nitrogens is 2. The quantitative estimate of drug-likeness (QED) is 0.923. The fraction of sp³-hybridized carbons (Fsp3) is 0.733. The normalized spacial score (nSPS) is 27.4. The highest BCUT2D eigenvalue weighted by Crippen LogP contribution is 2.42. The van der Waals surface area contributed by atoms with E-state index in [1.165, 1.54) is 0 Å². The van der Waals surface area contributed by atoms with Gasteiger partial charge in [-0.3, -0.25) is 4.79 Å². The first kappa shape index (κ1) is 16.9. The predicted molar refractivity (Wildman–Crippen MR) is 80.9 cm³/mol. The van der Waals surface area contributed by atoms with Crippen LogP contribution in [0, 0.1) is 18.8 Å². The lowest BCUT2D eigenvalue weighted by Crippen LogP contribution is -2.33. The van der Waals surface area contributed by atoms with Gasteiger partial charge in [0.05, 0.1) is 23.2 Å². The minimum absolute atomic E-state index is 0. The number of carbonyl (C=O) groups is 1. The minimum Gasteiger partial charge on any atom is -0.362 e. The van der Waals surface area contributed by atoms with Gasteiger partial charge in [-0.05, 0) is 39.0 Å². The molecule has 1 aromatic rings. The van der Waals surface area contributed by atoms with E-state index in [-0.39, 0.29) is 24.8 Å². The molecule has 1 fully saturated rings. The van der Waals surface area contributed by atoms with Gasteiger partial charge >= 0.3 is 6.55 Å². The number of amides is 1. The molecule has 2 heterocycles. The van der Waals surface area contributed by atoms with Gasteiger partial charge in [0.15, 0.2) is 0 Å². The molecule has 1 aromatic heterocycles. The summed E-state index contributed by atoms with van der Waals surface area (Å²) in [4.78, 5) is 12.5. The van der Waals surface area contributed by atoms with Gasteiger partial charge < -0.3 is 10.1 Å². The zero-order chi connectivity index (χ0) is 16.7. The largest absolute Gasteiger partial charge is 0.362 e. The maximum Gasteiger partial charge on any atom is 0.333 e. The van der Waals surface area contributed by atoms with Crippen molar-refractivity contribution in [1.29, 1.82) is 0 Å². The van der Waals surface area contributed by atoms with E-state index < -0.39 is 12.7 Å². The first-order chi connectivity index (χ1) is 10.2. The van der Waals surface area contributed by atoms with Gasteiger partial charge in [0, 0.05) is 1.43 Å². The fourth-order valence-electron chi connectivity index (χ4n) is 3.02. The van der Waals surface area contributed by atoms with Crippen molar-refractivity contribution in [3.8, 4) is 0 Å². The van der Waals surface area contributed by atoms with E-state index in [1.807, 2.05) is 20.8 Å². The van der Waals surface area contributed by atoms with Crippen LogP contribution in [0.4, 0.5) is 14.5 Å². The number of ether oxygens (including phenoxy) is 1.